The maximum absolute atomic E-state index is 13.3. The van der Waals surface area contributed by atoms with Crippen LogP contribution in [-0.2, 0) is 0 Å². The lowest BCUT2D eigenvalue weighted by molar-refractivity contribution is 0.185. The smallest absolute Gasteiger partial charge is 0.194 e. The second-order valence-corrected chi connectivity index (χ2v) is 6.81. The summed E-state index contributed by atoms with van der Waals surface area (Å²) in [6.45, 7) is 0. The van der Waals surface area contributed by atoms with E-state index in [1.807, 2.05) is 0 Å². The first-order chi connectivity index (χ1) is 10.1. The van der Waals surface area contributed by atoms with Crippen molar-refractivity contribution in [2.24, 2.45) is 11.8 Å². The summed E-state index contributed by atoms with van der Waals surface area (Å²) in [4.78, 5) is 0. The van der Waals surface area contributed by atoms with Crippen LogP contribution in [-0.4, -0.2) is 0 Å². The number of rotatable bonds is 2. The average molecular weight is 296 g/mol. The quantitative estimate of drug-likeness (QED) is 0.591. The lowest BCUT2D eigenvalue weighted by Crippen LogP contribution is -2.23. The van der Waals surface area contributed by atoms with E-state index in [0.29, 0.717) is 5.56 Å². The Hall–Kier alpha value is -0.990. The molecular formula is C18H23F3. The van der Waals surface area contributed by atoms with E-state index in [1.54, 1.807) is 0 Å². The zero-order valence-corrected chi connectivity index (χ0v) is 12.4. The van der Waals surface area contributed by atoms with Crippen molar-refractivity contribution in [1.29, 1.82) is 0 Å². The maximum atomic E-state index is 13.3. The van der Waals surface area contributed by atoms with Gasteiger partial charge in [-0.2, -0.15) is 0 Å². The highest BCUT2D eigenvalue weighted by Gasteiger charge is 2.29. The normalized spacial score (nSPS) is 27.8. The molecule has 3 heteroatoms. The highest BCUT2D eigenvalue weighted by atomic mass is 19.2. The summed E-state index contributed by atoms with van der Waals surface area (Å²) in [7, 11) is 0. The van der Waals surface area contributed by atoms with Crippen LogP contribution in [0.1, 0.15) is 69.3 Å². The van der Waals surface area contributed by atoms with Gasteiger partial charge in [0.2, 0.25) is 0 Å². The molecule has 0 bridgehead atoms. The molecule has 0 saturated heterocycles. The van der Waals surface area contributed by atoms with Crippen LogP contribution in [0.5, 0.6) is 0 Å². The van der Waals surface area contributed by atoms with Crippen molar-refractivity contribution >= 4 is 0 Å². The van der Waals surface area contributed by atoms with Crippen LogP contribution in [0.15, 0.2) is 12.1 Å². The van der Waals surface area contributed by atoms with Gasteiger partial charge in [0.25, 0.3) is 0 Å². The van der Waals surface area contributed by atoms with Crippen molar-refractivity contribution < 1.29 is 13.2 Å². The van der Waals surface area contributed by atoms with Crippen LogP contribution in [0, 0.1) is 29.3 Å². The van der Waals surface area contributed by atoms with Gasteiger partial charge in [-0.05, 0) is 61.1 Å². The molecule has 1 aromatic carbocycles. The van der Waals surface area contributed by atoms with E-state index in [-0.39, 0.29) is 5.92 Å². The molecule has 0 radical (unpaired) electrons. The fourth-order valence-electron chi connectivity index (χ4n) is 4.34. The maximum Gasteiger partial charge on any atom is 0.194 e. The summed E-state index contributed by atoms with van der Waals surface area (Å²) in [6.07, 6.45) is 11.1. The van der Waals surface area contributed by atoms with Gasteiger partial charge >= 0.3 is 0 Å². The highest BCUT2D eigenvalue weighted by Crippen LogP contribution is 2.43. The van der Waals surface area contributed by atoms with Crippen molar-refractivity contribution in [3.63, 3.8) is 0 Å². The predicted octanol–water partition coefficient (Wildman–Crippen LogP) is 5.96. The lowest BCUT2D eigenvalue weighted by atomic mass is 9.70. The Morgan fingerprint density at radius 3 is 1.76 bits per heavy atom. The first-order valence-electron chi connectivity index (χ1n) is 8.29. The lowest BCUT2D eigenvalue weighted by Gasteiger charge is -2.36. The Kier molecular flexibility index (Phi) is 4.56. The summed E-state index contributed by atoms with van der Waals surface area (Å²) in [5, 5.41) is 0. The largest absolute Gasteiger partial charge is 0.204 e. The molecule has 0 amide bonds. The first-order valence-corrected chi connectivity index (χ1v) is 8.29. The Labute approximate surface area is 124 Å². The number of hydrogen-bond acceptors (Lipinski definition) is 0. The molecule has 0 spiro atoms. The van der Waals surface area contributed by atoms with Crippen molar-refractivity contribution in [2.45, 2.75) is 63.7 Å². The fraction of sp³-hybridized carbons (Fsp3) is 0.667. The van der Waals surface area contributed by atoms with E-state index in [1.165, 1.54) is 44.2 Å². The van der Waals surface area contributed by atoms with Gasteiger partial charge in [-0.1, -0.05) is 32.1 Å². The molecule has 0 aliphatic heterocycles. The third-order valence-electron chi connectivity index (χ3n) is 5.57. The van der Waals surface area contributed by atoms with E-state index < -0.39 is 17.5 Å². The molecule has 2 fully saturated rings. The standard InChI is InChI=1S/C18H23F3/c19-16-10-15(11-17(20)18(16)21)14-8-6-13(7-9-14)12-4-2-1-3-5-12/h10-14H,1-9H2. The second kappa shape index (κ2) is 6.41. The molecule has 116 valence electrons. The SMILES string of the molecule is Fc1cc(C2CCC(C3CCCCC3)CC2)cc(F)c1F. The minimum absolute atomic E-state index is 0.189. The molecule has 0 aromatic heterocycles. The van der Waals surface area contributed by atoms with Crippen LogP contribution >= 0.6 is 0 Å². The van der Waals surface area contributed by atoms with Gasteiger partial charge in [0, 0.05) is 0 Å². The molecule has 2 aliphatic rings. The summed E-state index contributed by atoms with van der Waals surface area (Å²) in [6, 6.07) is 2.37. The van der Waals surface area contributed by atoms with Crippen LogP contribution in [0.4, 0.5) is 13.2 Å². The molecule has 2 saturated carbocycles. The molecule has 0 heterocycles. The molecule has 0 N–H and O–H groups in total. The van der Waals surface area contributed by atoms with Crippen LogP contribution in [0.3, 0.4) is 0 Å². The van der Waals surface area contributed by atoms with Gasteiger partial charge in [-0.25, -0.2) is 13.2 Å². The average Bonchev–Trinajstić information content (AvgIpc) is 2.53. The highest BCUT2D eigenvalue weighted by molar-refractivity contribution is 5.23. The van der Waals surface area contributed by atoms with E-state index in [4.69, 9.17) is 0 Å². The molecular weight excluding hydrogens is 273 g/mol. The monoisotopic (exact) mass is 296 g/mol. The Bertz CT molecular complexity index is 460. The van der Waals surface area contributed by atoms with E-state index in [9.17, 15) is 13.2 Å². The molecule has 21 heavy (non-hydrogen) atoms. The molecule has 3 rings (SSSR count). The van der Waals surface area contributed by atoms with Gasteiger partial charge in [-0.3, -0.25) is 0 Å². The molecule has 0 unspecified atom stereocenters. The Balaban J connectivity index is 1.63. The molecule has 0 nitrogen and oxygen atoms in total. The van der Waals surface area contributed by atoms with Crippen molar-refractivity contribution in [1.82, 2.24) is 0 Å². The minimum atomic E-state index is -1.35. The van der Waals surface area contributed by atoms with Crippen LogP contribution in [0.2, 0.25) is 0 Å². The summed E-state index contributed by atoms with van der Waals surface area (Å²) >= 11 is 0. The van der Waals surface area contributed by atoms with Gasteiger partial charge in [0.15, 0.2) is 17.5 Å². The van der Waals surface area contributed by atoms with Crippen LogP contribution < -0.4 is 0 Å². The van der Waals surface area contributed by atoms with E-state index >= 15 is 0 Å². The molecule has 2 aliphatic carbocycles. The van der Waals surface area contributed by atoms with Crippen molar-refractivity contribution in [3.8, 4) is 0 Å². The Morgan fingerprint density at radius 1 is 0.667 bits per heavy atom. The zero-order valence-electron chi connectivity index (χ0n) is 12.4. The van der Waals surface area contributed by atoms with Crippen molar-refractivity contribution in [3.05, 3.63) is 35.1 Å². The first kappa shape index (κ1) is 14.9. The summed E-state index contributed by atoms with van der Waals surface area (Å²) in [5.41, 5.74) is 0.633. The van der Waals surface area contributed by atoms with E-state index in [2.05, 4.69) is 0 Å². The second-order valence-electron chi connectivity index (χ2n) is 6.81. The molecule has 0 atom stereocenters. The number of halogens is 3. The van der Waals surface area contributed by atoms with Gasteiger partial charge in [0.05, 0.1) is 0 Å². The number of hydrogen-bond donors (Lipinski definition) is 0. The van der Waals surface area contributed by atoms with Gasteiger partial charge in [0.1, 0.15) is 0 Å². The third-order valence-corrected chi connectivity index (χ3v) is 5.57. The van der Waals surface area contributed by atoms with Crippen molar-refractivity contribution in [2.75, 3.05) is 0 Å². The van der Waals surface area contributed by atoms with Crippen LogP contribution in [0.25, 0.3) is 0 Å². The summed E-state index contributed by atoms with van der Waals surface area (Å²) < 4.78 is 39.7. The van der Waals surface area contributed by atoms with Gasteiger partial charge < -0.3 is 0 Å². The predicted molar refractivity (Wildman–Crippen MR) is 77.6 cm³/mol. The minimum Gasteiger partial charge on any atom is -0.204 e. The van der Waals surface area contributed by atoms with Gasteiger partial charge in [-0.15, -0.1) is 0 Å². The topological polar surface area (TPSA) is 0 Å². The summed E-state index contributed by atoms with van der Waals surface area (Å²) in [5.74, 6) is -1.62. The Morgan fingerprint density at radius 2 is 1.19 bits per heavy atom. The molecule has 1 aromatic rings. The number of benzene rings is 1. The van der Waals surface area contributed by atoms with E-state index in [0.717, 1.165) is 37.5 Å². The third kappa shape index (κ3) is 3.27. The zero-order chi connectivity index (χ0) is 14.8. The fourth-order valence-corrected chi connectivity index (χ4v) is 4.34.